The molecule has 4 rings (SSSR count). The van der Waals surface area contributed by atoms with Crippen molar-refractivity contribution in [1.29, 1.82) is 0 Å². The van der Waals surface area contributed by atoms with Crippen molar-refractivity contribution >= 4 is 6.03 Å². The molecule has 2 amide bonds. The molecule has 1 spiro atoms. The lowest BCUT2D eigenvalue weighted by molar-refractivity contribution is -0.0518. The van der Waals surface area contributed by atoms with Gasteiger partial charge in [-0.05, 0) is 6.42 Å². The summed E-state index contributed by atoms with van der Waals surface area (Å²) in [5.74, 6) is 1.10. The molecule has 2 unspecified atom stereocenters. The second-order valence-corrected chi connectivity index (χ2v) is 5.14. The van der Waals surface area contributed by atoms with Crippen LogP contribution >= 0.6 is 0 Å². The zero-order valence-electron chi connectivity index (χ0n) is 9.11. The number of hydrogen-bond donors (Lipinski definition) is 1. The maximum absolute atomic E-state index is 11.8. The largest absolute Gasteiger partial charge is 0.494 e. The molecule has 16 heavy (non-hydrogen) atoms. The summed E-state index contributed by atoms with van der Waals surface area (Å²) in [6, 6.07) is 0.0909. The molecule has 2 atom stereocenters. The minimum atomic E-state index is 0.0909. The van der Waals surface area contributed by atoms with Gasteiger partial charge in [-0.15, -0.1) is 0 Å². The molecular weight excluding hydrogens is 206 g/mol. The van der Waals surface area contributed by atoms with E-state index in [4.69, 9.17) is 4.74 Å². The average Bonchev–Trinajstić information content (AvgIpc) is 2.85. The lowest BCUT2D eigenvalue weighted by Gasteiger charge is -2.53. The predicted octanol–water partition coefficient (Wildman–Crippen LogP) is 0.448. The first kappa shape index (κ1) is 8.73. The summed E-state index contributed by atoms with van der Waals surface area (Å²) in [4.78, 5) is 16.1. The highest BCUT2D eigenvalue weighted by Crippen LogP contribution is 2.47. The summed E-state index contributed by atoms with van der Waals surface area (Å²) < 4.78 is 5.62. The summed E-state index contributed by atoms with van der Waals surface area (Å²) in [7, 11) is 0. The Bertz CT molecular complexity index is 395. The molecule has 86 valence electrons. The van der Waals surface area contributed by atoms with Crippen LogP contribution in [0.1, 0.15) is 19.3 Å². The number of nitrogens with one attached hydrogen (secondary N) is 1. The van der Waals surface area contributed by atoms with Crippen molar-refractivity contribution in [2.45, 2.75) is 31.0 Å². The highest BCUT2D eigenvalue weighted by molar-refractivity contribution is 5.75. The molecule has 0 aromatic heterocycles. The Morgan fingerprint density at radius 2 is 2.50 bits per heavy atom. The Kier molecular flexibility index (Phi) is 1.44. The first-order valence-electron chi connectivity index (χ1n) is 5.95. The Balaban J connectivity index is 1.72. The van der Waals surface area contributed by atoms with Crippen LogP contribution < -0.4 is 5.32 Å². The molecular formula is C11H15N3O2. The van der Waals surface area contributed by atoms with Crippen molar-refractivity contribution in [1.82, 2.24) is 15.1 Å². The lowest BCUT2D eigenvalue weighted by atomic mass is 9.89. The fourth-order valence-electron chi connectivity index (χ4n) is 3.46. The molecule has 0 radical (unpaired) electrons. The van der Waals surface area contributed by atoms with E-state index in [2.05, 4.69) is 16.4 Å². The molecule has 3 saturated heterocycles. The van der Waals surface area contributed by atoms with Crippen molar-refractivity contribution in [3.63, 3.8) is 0 Å². The van der Waals surface area contributed by atoms with Gasteiger partial charge in [0.05, 0.1) is 5.54 Å². The highest BCUT2D eigenvalue weighted by atomic mass is 16.5. The van der Waals surface area contributed by atoms with E-state index in [1.807, 2.05) is 4.90 Å². The Morgan fingerprint density at radius 1 is 1.56 bits per heavy atom. The van der Waals surface area contributed by atoms with Gasteiger partial charge in [0.1, 0.15) is 18.5 Å². The first-order chi connectivity index (χ1) is 7.78. The molecule has 5 nitrogen and oxygen atoms in total. The van der Waals surface area contributed by atoms with Gasteiger partial charge in [0.25, 0.3) is 0 Å². The zero-order valence-corrected chi connectivity index (χ0v) is 9.11. The molecule has 0 saturated carbocycles. The van der Waals surface area contributed by atoms with Gasteiger partial charge in [-0.25, -0.2) is 4.79 Å². The molecule has 4 aliphatic heterocycles. The number of nitrogens with zero attached hydrogens (tertiary/aromatic N) is 2. The second kappa shape index (κ2) is 2.64. The van der Waals surface area contributed by atoms with Crippen LogP contribution in [0.2, 0.25) is 0 Å². The molecule has 0 aliphatic carbocycles. The fourth-order valence-corrected chi connectivity index (χ4v) is 3.46. The predicted molar refractivity (Wildman–Crippen MR) is 56.3 cm³/mol. The molecule has 0 aromatic rings. The van der Waals surface area contributed by atoms with Crippen LogP contribution in [0.3, 0.4) is 0 Å². The van der Waals surface area contributed by atoms with E-state index in [1.54, 1.807) is 0 Å². The van der Waals surface area contributed by atoms with E-state index >= 15 is 0 Å². The summed E-state index contributed by atoms with van der Waals surface area (Å²) in [5, 5.41) is 2.91. The molecule has 3 fully saturated rings. The molecule has 5 heteroatoms. The molecule has 0 aromatic carbocycles. The van der Waals surface area contributed by atoms with Crippen LogP contribution in [-0.4, -0.2) is 47.2 Å². The van der Waals surface area contributed by atoms with Gasteiger partial charge in [0.2, 0.25) is 0 Å². The topological polar surface area (TPSA) is 44.8 Å². The van der Waals surface area contributed by atoms with Crippen LogP contribution in [0.5, 0.6) is 0 Å². The number of carbonyl (C=O) groups is 1. The van der Waals surface area contributed by atoms with Crippen molar-refractivity contribution in [2.75, 3.05) is 19.7 Å². The fraction of sp³-hybridized carbons (Fsp3) is 0.727. The highest BCUT2D eigenvalue weighted by Gasteiger charge is 2.54. The first-order valence-corrected chi connectivity index (χ1v) is 5.95. The number of ether oxygens (including phenoxy) is 1. The minimum Gasteiger partial charge on any atom is -0.494 e. The van der Waals surface area contributed by atoms with Gasteiger partial charge in [-0.3, -0.25) is 0 Å². The number of urea groups is 1. The van der Waals surface area contributed by atoms with Gasteiger partial charge >= 0.3 is 6.03 Å². The van der Waals surface area contributed by atoms with E-state index in [1.165, 1.54) is 0 Å². The second-order valence-electron chi connectivity index (χ2n) is 5.14. The van der Waals surface area contributed by atoms with E-state index in [0.717, 1.165) is 44.7 Å². The number of fused-ring (bicyclic) bond motifs is 3. The zero-order chi connectivity index (χ0) is 10.8. The van der Waals surface area contributed by atoms with E-state index in [-0.39, 0.29) is 17.7 Å². The van der Waals surface area contributed by atoms with Crippen LogP contribution in [0.4, 0.5) is 4.79 Å². The SMILES string of the molecule is O=C1NCCC2N1CCC13COC(=CN21)C3. The van der Waals surface area contributed by atoms with Crippen LogP contribution in [0.15, 0.2) is 12.0 Å². The number of rotatable bonds is 0. The summed E-state index contributed by atoms with van der Waals surface area (Å²) >= 11 is 0. The molecule has 4 aliphatic rings. The quantitative estimate of drug-likeness (QED) is 0.646. The average molecular weight is 221 g/mol. The third-order valence-electron chi connectivity index (χ3n) is 4.30. The minimum absolute atomic E-state index is 0.0909. The van der Waals surface area contributed by atoms with Gasteiger partial charge in [0.15, 0.2) is 0 Å². The maximum atomic E-state index is 11.8. The van der Waals surface area contributed by atoms with Crippen molar-refractivity contribution in [3.05, 3.63) is 12.0 Å². The monoisotopic (exact) mass is 221 g/mol. The lowest BCUT2D eigenvalue weighted by Crippen LogP contribution is -2.67. The number of carbonyl (C=O) groups excluding carboxylic acids is 1. The van der Waals surface area contributed by atoms with Gasteiger partial charge in [0, 0.05) is 32.1 Å². The third-order valence-corrected chi connectivity index (χ3v) is 4.30. The Morgan fingerprint density at radius 3 is 3.38 bits per heavy atom. The molecule has 1 N–H and O–H groups in total. The Hall–Kier alpha value is -1.39. The molecule has 2 bridgehead atoms. The molecule has 4 heterocycles. The van der Waals surface area contributed by atoms with Gasteiger partial charge in [-0.2, -0.15) is 0 Å². The normalized spacial score (nSPS) is 39.9. The smallest absolute Gasteiger partial charge is 0.319 e. The van der Waals surface area contributed by atoms with Gasteiger partial charge < -0.3 is 19.9 Å². The van der Waals surface area contributed by atoms with Gasteiger partial charge in [-0.1, -0.05) is 0 Å². The number of hydrogen-bond acceptors (Lipinski definition) is 3. The number of amides is 2. The van der Waals surface area contributed by atoms with E-state index in [0.29, 0.717) is 0 Å². The third kappa shape index (κ3) is 0.894. The van der Waals surface area contributed by atoms with Crippen molar-refractivity contribution < 1.29 is 9.53 Å². The van der Waals surface area contributed by atoms with Crippen molar-refractivity contribution in [3.8, 4) is 0 Å². The van der Waals surface area contributed by atoms with E-state index < -0.39 is 0 Å². The van der Waals surface area contributed by atoms with E-state index in [9.17, 15) is 4.79 Å². The Labute approximate surface area is 94.0 Å². The van der Waals surface area contributed by atoms with Crippen LogP contribution in [-0.2, 0) is 4.74 Å². The van der Waals surface area contributed by atoms with Crippen molar-refractivity contribution in [2.24, 2.45) is 0 Å². The maximum Gasteiger partial charge on any atom is 0.319 e. The van der Waals surface area contributed by atoms with Crippen LogP contribution in [0.25, 0.3) is 0 Å². The summed E-state index contributed by atoms with van der Waals surface area (Å²) in [6.07, 6.45) is 5.45. The summed E-state index contributed by atoms with van der Waals surface area (Å²) in [6.45, 7) is 2.46. The van der Waals surface area contributed by atoms with Crippen LogP contribution in [0, 0.1) is 0 Å². The standard InChI is InChI=1S/C11H15N3O2/c15-10-12-3-1-9-13(10)4-2-11-5-8(16-7-11)6-14(9)11/h6,9H,1-5,7H2,(H,12,15). The summed E-state index contributed by atoms with van der Waals surface area (Å²) in [5.41, 5.74) is 0.175.